The van der Waals surface area contributed by atoms with Gasteiger partial charge in [0.2, 0.25) is 11.8 Å². The first kappa shape index (κ1) is 14.9. The number of amides is 2. The zero-order chi connectivity index (χ0) is 12.6. The van der Waals surface area contributed by atoms with Gasteiger partial charge in [-0.15, -0.1) is 0 Å². The van der Waals surface area contributed by atoms with E-state index in [-0.39, 0.29) is 24.4 Å². The molecule has 0 bridgehead atoms. The summed E-state index contributed by atoms with van der Waals surface area (Å²) >= 11 is 0. The van der Waals surface area contributed by atoms with E-state index in [0.717, 1.165) is 12.8 Å². The number of nitrogens with one attached hydrogen (secondary N) is 2. The van der Waals surface area contributed by atoms with Crippen LogP contribution in [0.1, 0.15) is 47.0 Å². The van der Waals surface area contributed by atoms with Gasteiger partial charge in [0.05, 0.1) is 6.54 Å². The summed E-state index contributed by atoms with van der Waals surface area (Å²) in [5, 5.41) is 5.34. The normalized spacial score (nSPS) is 12.3. The fourth-order valence-corrected chi connectivity index (χ4v) is 1.22. The third kappa shape index (κ3) is 8.26. The molecule has 2 amide bonds. The van der Waals surface area contributed by atoms with Crippen LogP contribution in [0, 0.1) is 5.92 Å². The van der Waals surface area contributed by atoms with Gasteiger partial charge >= 0.3 is 0 Å². The Hall–Kier alpha value is -1.06. The molecule has 1 atom stereocenters. The van der Waals surface area contributed by atoms with Gasteiger partial charge in [-0.1, -0.05) is 20.3 Å². The second-order valence-electron chi connectivity index (χ2n) is 4.55. The van der Waals surface area contributed by atoms with E-state index in [4.69, 9.17) is 0 Å². The highest BCUT2D eigenvalue weighted by Gasteiger charge is 2.07. The van der Waals surface area contributed by atoms with Crippen molar-refractivity contribution in [1.82, 2.24) is 10.6 Å². The van der Waals surface area contributed by atoms with Crippen LogP contribution in [0.2, 0.25) is 0 Å². The van der Waals surface area contributed by atoms with Gasteiger partial charge in [0.15, 0.2) is 0 Å². The molecule has 0 spiro atoms. The molecule has 94 valence electrons. The maximum atomic E-state index is 11.4. The Morgan fingerprint density at radius 1 is 1.12 bits per heavy atom. The molecule has 4 nitrogen and oxygen atoms in total. The summed E-state index contributed by atoms with van der Waals surface area (Å²) in [6, 6.07) is 0.115. The summed E-state index contributed by atoms with van der Waals surface area (Å²) in [4.78, 5) is 22.6. The number of hydrogen-bond donors (Lipinski definition) is 2. The third-order valence-electron chi connectivity index (χ3n) is 2.46. The lowest BCUT2D eigenvalue weighted by atomic mass is 10.0. The van der Waals surface area contributed by atoms with Gasteiger partial charge in [-0.05, 0) is 26.2 Å². The largest absolute Gasteiger partial charge is 0.352 e. The minimum Gasteiger partial charge on any atom is -0.352 e. The van der Waals surface area contributed by atoms with Crippen molar-refractivity contribution in [3.8, 4) is 0 Å². The topological polar surface area (TPSA) is 58.2 Å². The molecular formula is C12H24N2O2. The molecule has 0 aromatic carbocycles. The van der Waals surface area contributed by atoms with Crippen LogP contribution in [0.25, 0.3) is 0 Å². The molecule has 16 heavy (non-hydrogen) atoms. The Balaban J connectivity index is 3.61. The lowest BCUT2D eigenvalue weighted by Gasteiger charge is -2.10. The summed E-state index contributed by atoms with van der Waals surface area (Å²) < 4.78 is 0. The van der Waals surface area contributed by atoms with Crippen LogP contribution < -0.4 is 10.6 Å². The second-order valence-corrected chi connectivity index (χ2v) is 4.55. The number of carbonyl (C=O) groups excluding carboxylic acids is 2. The third-order valence-corrected chi connectivity index (χ3v) is 2.46. The molecule has 0 saturated heterocycles. The average Bonchev–Trinajstić information content (AvgIpc) is 2.22. The molecule has 0 fully saturated rings. The molecule has 0 aliphatic rings. The predicted octanol–water partition coefficient (Wildman–Crippen LogP) is 1.45. The van der Waals surface area contributed by atoms with Crippen LogP contribution in [-0.4, -0.2) is 24.4 Å². The van der Waals surface area contributed by atoms with Gasteiger partial charge in [0, 0.05) is 12.5 Å². The zero-order valence-corrected chi connectivity index (χ0v) is 10.8. The molecule has 4 heteroatoms. The minimum absolute atomic E-state index is 0.0424. The molecule has 0 aliphatic carbocycles. The van der Waals surface area contributed by atoms with E-state index in [1.807, 2.05) is 13.8 Å². The standard InChI is InChI=1S/C12H24N2O2/c1-5-10(4)6-7-11(15)13-8-12(16)14-9(2)3/h9-10H,5-8H2,1-4H3,(H,13,15)(H,14,16). The van der Waals surface area contributed by atoms with Crippen molar-refractivity contribution in [2.45, 2.75) is 53.0 Å². The van der Waals surface area contributed by atoms with Crippen molar-refractivity contribution >= 4 is 11.8 Å². The minimum atomic E-state index is -0.133. The van der Waals surface area contributed by atoms with Crippen LogP contribution in [0.5, 0.6) is 0 Å². The van der Waals surface area contributed by atoms with Crippen molar-refractivity contribution < 1.29 is 9.59 Å². The fourth-order valence-electron chi connectivity index (χ4n) is 1.22. The van der Waals surface area contributed by atoms with Gasteiger partial charge in [-0.2, -0.15) is 0 Å². The predicted molar refractivity (Wildman–Crippen MR) is 65.0 cm³/mol. The molecule has 0 aliphatic heterocycles. The van der Waals surface area contributed by atoms with Crippen molar-refractivity contribution in [2.75, 3.05) is 6.54 Å². The molecule has 0 heterocycles. The first-order valence-corrected chi connectivity index (χ1v) is 6.01. The van der Waals surface area contributed by atoms with E-state index >= 15 is 0 Å². The maximum Gasteiger partial charge on any atom is 0.239 e. The monoisotopic (exact) mass is 228 g/mol. The van der Waals surface area contributed by atoms with E-state index in [9.17, 15) is 9.59 Å². The summed E-state index contributed by atoms with van der Waals surface area (Å²) in [5.74, 6) is 0.390. The van der Waals surface area contributed by atoms with E-state index in [1.165, 1.54) is 0 Å². The molecule has 0 rings (SSSR count). The number of carbonyl (C=O) groups is 2. The molecule has 0 aromatic rings. The van der Waals surface area contributed by atoms with Gasteiger partial charge in [-0.25, -0.2) is 0 Å². The summed E-state index contributed by atoms with van der Waals surface area (Å²) in [6.07, 6.45) is 2.47. The van der Waals surface area contributed by atoms with Crippen LogP contribution in [0.3, 0.4) is 0 Å². The lowest BCUT2D eigenvalue weighted by molar-refractivity contribution is -0.126. The zero-order valence-electron chi connectivity index (χ0n) is 10.8. The van der Waals surface area contributed by atoms with Gasteiger partial charge in [0.1, 0.15) is 0 Å². The highest BCUT2D eigenvalue weighted by molar-refractivity contribution is 5.84. The fraction of sp³-hybridized carbons (Fsp3) is 0.833. The average molecular weight is 228 g/mol. The highest BCUT2D eigenvalue weighted by atomic mass is 16.2. The maximum absolute atomic E-state index is 11.4. The quantitative estimate of drug-likeness (QED) is 0.693. The SMILES string of the molecule is CCC(C)CCC(=O)NCC(=O)NC(C)C. The van der Waals surface area contributed by atoms with E-state index < -0.39 is 0 Å². The number of rotatable bonds is 7. The summed E-state index contributed by atoms with van der Waals surface area (Å²) in [5.41, 5.74) is 0. The lowest BCUT2D eigenvalue weighted by Crippen LogP contribution is -2.39. The van der Waals surface area contributed by atoms with Crippen molar-refractivity contribution in [1.29, 1.82) is 0 Å². The van der Waals surface area contributed by atoms with Crippen LogP contribution in [0.4, 0.5) is 0 Å². The van der Waals surface area contributed by atoms with Gasteiger partial charge in [-0.3, -0.25) is 9.59 Å². The van der Waals surface area contributed by atoms with Crippen LogP contribution in [-0.2, 0) is 9.59 Å². The van der Waals surface area contributed by atoms with Gasteiger partial charge < -0.3 is 10.6 Å². The van der Waals surface area contributed by atoms with E-state index in [1.54, 1.807) is 0 Å². The van der Waals surface area contributed by atoms with Crippen molar-refractivity contribution in [2.24, 2.45) is 5.92 Å². The molecule has 0 aromatic heterocycles. The molecule has 2 N–H and O–H groups in total. The Bertz CT molecular complexity index is 227. The van der Waals surface area contributed by atoms with Gasteiger partial charge in [0.25, 0.3) is 0 Å². The molecule has 0 radical (unpaired) electrons. The second kappa shape index (κ2) is 8.13. The molecular weight excluding hydrogens is 204 g/mol. The van der Waals surface area contributed by atoms with Crippen LogP contribution in [0.15, 0.2) is 0 Å². The number of hydrogen-bond acceptors (Lipinski definition) is 2. The van der Waals surface area contributed by atoms with Crippen molar-refractivity contribution in [3.05, 3.63) is 0 Å². The first-order chi connectivity index (χ1) is 7.45. The summed E-state index contributed by atoms with van der Waals surface area (Å²) in [6.45, 7) is 8.10. The molecule has 1 unspecified atom stereocenters. The Kier molecular flexibility index (Phi) is 7.60. The van der Waals surface area contributed by atoms with Crippen molar-refractivity contribution in [3.63, 3.8) is 0 Å². The Morgan fingerprint density at radius 3 is 2.25 bits per heavy atom. The van der Waals surface area contributed by atoms with E-state index in [2.05, 4.69) is 24.5 Å². The first-order valence-electron chi connectivity index (χ1n) is 6.01. The smallest absolute Gasteiger partial charge is 0.239 e. The van der Waals surface area contributed by atoms with Crippen LogP contribution >= 0.6 is 0 Å². The molecule has 0 saturated carbocycles. The Labute approximate surface area is 98.2 Å². The summed E-state index contributed by atoms with van der Waals surface area (Å²) in [7, 11) is 0. The van der Waals surface area contributed by atoms with E-state index in [0.29, 0.717) is 12.3 Å². The highest BCUT2D eigenvalue weighted by Crippen LogP contribution is 2.08. The Morgan fingerprint density at radius 2 is 1.75 bits per heavy atom.